The Bertz CT molecular complexity index is 3070. The molecule has 3 aromatic heterocycles. The molecule has 2 nitrogen and oxygen atoms in total. The summed E-state index contributed by atoms with van der Waals surface area (Å²) in [4.78, 5) is 0. The molecule has 3 heteroatoms. The van der Waals surface area contributed by atoms with Gasteiger partial charge >= 0.3 is 0 Å². The SMILES string of the molecule is c1ccc(-c2cc(-c3ccccc3)cc(-n3c4ccccc4c4cc5c6ccccc6n(-c6cccc7sc8ccccc8c67)c5cc43)c2)cc1. The van der Waals surface area contributed by atoms with Crippen molar-refractivity contribution in [1.82, 2.24) is 9.13 Å². The van der Waals surface area contributed by atoms with E-state index in [1.807, 2.05) is 11.3 Å². The maximum absolute atomic E-state index is 2.50. The van der Waals surface area contributed by atoms with Gasteiger partial charge in [-0.1, -0.05) is 121 Å². The molecule has 0 unspecified atom stereocenters. The molecule has 0 amide bonds. The lowest BCUT2D eigenvalue weighted by Gasteiger charge is -2.14. The van der Waals surface area contributed by atoms with Gasteiger partial charge in [0, 0.05) is 47.4 Å². The van der Waals surface area contributed by atoms with E-state index in [1.165, 1.54) is 91.7 Å². The Morgan fingerprint density at radius 1 is 0.314 bits per heavy atom. The largest absolute Gasteiger partial charge is 0.309 e. The first kappa shape index (κ1) is 28.4. The van der Waals surface area contributed by atoms with E-state index >= 15 is 0 Å². The predicted molar refractivity (Wildman–Crippen MR) is 219 cm³/mol. The van der Waals surface area contributed by atoms with Crippen LogP contribution < -0.4 is 0 Å². The molecule has 0 aliphatic heterocycles. The van der Waals surface area contributed by atoms with Gasteiger partial charge in [0.1, 0.15) is 0 Å². The number of hydrogen-bond donors (Lipinski definition) is 0. The second kappa shape index (κ2) is 11.0. The zero-order chi connectivity index (χ0) is 33.5. The molecule has 0 radical (unpaired) electrons. The van der Waals surface area contributed by atoms with Crippen molar-refractivity contribution in [2.45, 2.75) is 0 Å². The smallest absolute Gasteiger partial charge is 0.0562 e. The van der Waals surface area contributed by atoms with Crippen molar-refractivity contribution in [3.8, 4) is 33.6 Å². The number of fused-ring (bicyclic) bond motifs is 9. The van der Waals surface area contributed by atoms with Gasteiger partial charge in [-0.15, -0.1) is 11.3 Å². The molecule has 0 fully saturated rings. The van der Waals surface area contributed by atoms with Crippen LogP contribution >= 0.6 is 11.3 Å². The highest BCUT2D eigenvalue weighted by Gasteiger charge is 2.21. The molecule has 8 aromatic carbocycles. The maximum Gasteiger partial charge on any atom is 0.0562 e. The molecule has 0 N–H and O–H groups in total. The van der Waals surface area contributed by atoms with Gasteiger partial charge in [0.05, 0.1) is 27.8 Å². The summed E-state index contributed by atoms with van der Waals surface area (Å²) < 4.78 is 7.60. The fourth-order valence-corrected chi connectivity index (χ4v) is 9.37. The molecule has 0 saturated heterocycles. The number of benzene rings is 8. The molecule has 11 rings (SSSR count). The van der Waals surface area contributed by atoms with Crippen LogP contribution in [0.25, 0.3) is 97.4 Å². The van der Waals surface area contributed by atoms with Gasteiger partial charge in [0.15, 0.2) is 0 Å². The van der Waals surface area contributed by atoms with Crippen LogP contribution in [0.4, 0.5) is 0 Å². The van der Waals surface area contributed by atoms with Crippen LogP contribution in [0.1, 0.15) is 0 Å². The Kier molecular flexibility index (Phi) is 6.16. The third kappa shape index (κ3) is 4.29. The third-order valence-electron chi connectivity index (χ3n) is 10.5. The number of thiophene rings is 1. The molecule has 51 heavy (non-hydrogen) atoms. The zero-order valence-electron chi connectivity index (χ0n) is 27.6. The van der Waals surface area contributed by atoms with Gasteiger partial charge in [-0.05, 0) is 82.9 Å². The molecule has 238 valence electrons. The summed E-state index contributed by atoms with van der Waals surface area (Å²) in [6.45, 7) is 0. The van der Waals surface area contributed by atoms with Crippen molar-refractivity contribution < 1.29 is 0 Å². The molecular formula is C48H30N2S. The third-order valence-corrected chi connectivity index (χ3v) is 11.6. The average Bonchev–Trinajstić information content (AvgIpc) is 3.85. The minimum atomic E-state index is 1.15. The Morgan fingerprint density at radius 2 is 0.843 bits per heavy atom. The van der Waals surface area contributed by atoms with Crippen LogP contribution in [0.3, 0.4) is 0 Å². The molecule has 11 aromatic rings. The molecule has 0 atom stereocenters. The number of aromatic nitrogens is 2. The second-order valence-corrected chi connectivity index (χ2v) is 14.4. The molecule has 0 saturated carbocycles. The second-order valence-electron chi connectivity index (χ2n) is 13.3. The van der Waals surface area contributed by atoms with Crippen LogP contribution in [-0.4, -0.2) is 9.13 Å². The number of para-hydroxylation sites is 2. The van der Waals surface area contributed by atoms with Crippen molar-refractivity contribution in [3.05, 3.63) is 182 Å². The molecule has 0 bridgehead atoms. The first-order valence-electron chi connectivity index (χ1n) is 17.4. The van der Waals surface area contributed by atoms with Gasteiger partial charge in [0.2, 0.25) is 0 Å². The highest BCUT2D eigenvalue weighted by Crippen LogP contribution is 2.44. The van der Waals surface area contributed by atoms with Gasteiger partial charge in [-0.25, -0.2) is 0 Å². The van der Waals surface area contributed by atoms with E-state index in [0.29, 0.717) is 0 Å². The zero-order valence-corrected chi connectivity index (χ0v) is 28.4. The Labute approximate surface area is 298 Å². The van der Waals surface area contributed by atoms with E-state index in [1.54, 1.807) is 0 Å². The van der Waals surface area contributed by atoms with Crippen LogP contribution in [0, 0.1) is 0 Å². The highest BCUT2D eigenvalue weighted by molar-refractivity contribution is 7.25. The molecule has 3 heterocycles. The van der Waals surface area contributed by atoms with E-state index < -0.39 is 0 Å². The highest BCUT2D eigenvalue weighted by atomic mass is 32.1. The minimum absolute atomic E-state index is 1.15. The van der Waals surface area contributed by atoms with E-state index in [0.717, 1.165) is 5.69 Å². The maximum atomic E-state index is 2.50. The summed E-state index contributed by atoms with van der Waals surface area (Å²) in [7, 11) is 0. The first-order valence-corrected chi connectivity index (χ1v) is 18.3. The lowest BCUT2D eigenvalue weighted by molar-refractivity contribution is 1.17. The Hall–Kier alpha value is -6.42. The number of rotatable bonds is 4. The summed E-state index contributed by atoms with van der Waals surface area (Å²) >= 11 is 1.87. The van der Waals surface area contributed by atoms with E-state index in [2.05, 4.69) is 191 Å². The molecular weight excluding hydrogens is 637 g/mol. The summed E-state index contributed by atoms with van der Waals surface area (Å²) in [6, 6.07) is 66.7. The molecule has 0 spiro atoms. The fraction of sp³-hybridized carbons (Fsp3) is 0. The van der Waals surface area contributed by atoms with E-state index in [4.69, 9.17) is 0 Å². The Morgan fingerprint density at radius 3 is 1.51 bits per heavy atom. The monoisotopic (exact) mass is 666 g/mol. The summed E-state index contributed by atoms with van der Waals surface area (Å²) in [5, 5.41) is 7.65. The molecule has 0 aliphatic carbocycles. The van der Waals surface area contributed by atoms with E-state index in [-0.39, 0.29) is 0 Å². The standard InChI is InChI=1S/C48H30N2S/c1-3-14-31(15-4-1)33-26-34(32-16-5-2-6-17-32)28-35(27-33)49-41-21-10-7-18-36(41)39-29-40-37-19-8-11-22-42(37)50(45(40)30-44(39)49)43-23-13-25-47-48(43)38-20-9-12-24-46(38)51-47/h1-30H. The summed E-state index contributed by atoms with van der Waals surface area (Å²) in [5.74, 6) is 0. The van der Waals surface area contributed by atoms with Crippen LogP contribution in [0.5, 0.6) is 0 Å². The lowest BCUT2D eigenvalue weighted by atomic mass is 9.98. The van der Waals surface area contributed by atoms with Gasteiger partial charge in [-0.3, -0.25) is 0 Å². The average molecular weight is 667 g/mol. The number of hydrogen-bond acceptors (Lipinski definition) is 1. The quantitative estimate of drug-likeness (QED) is 0.177. The first-order chi connectivity index (χ1) is 25.3. The lowest BCUT2D eigenvalue weighted by Crippen LogP contribution is -1.97. The van der Waals surface area contributed by atoms with Crippen molar-refractivity contribution >= 4 is 75.1 Å². The van der Waals surface area contributed by atoms with Crippen molar-refractivity contribution in [2.24, 2.45) is 0 Å². The summed E-state index contributed by atoms with van der Waals surface area (Å²) in [5.41, 5.74) is 12.0. The van der Waals surface area contributed by atoms with E-state index in [9.17, 15) is 0 Å². The Balaban J connectivity index is 1.27. The number of nitrogens with zero attached hydrogens (tertiary/aromatic N) is 2. The van der Waals surface area contributed by atoms with Crippen molar-refractivity contribution in [3.63, 3.8) is 0 Å². The van der Waals surface area contributed by atoms with Gasteiger partial charge in [-0.2, -0.15) is 0 Å². The van der Waals surface area contributed by atoms with Crippen molar-refractivity contribution in [2.75, 3.05) is 0 Å². The summed E-state index contributed by atoms with van der Waals surface area (Å²) in [6.07, 6.45) is 0. The van der Waals surface area contributed by atoms with Crippen LogP contribution in [0.15, 0.2) is 182 Å². The van der Waals surface area contributed by atoms with Crippen LogP contribution in [-0.2, 0) is 0 Å². The fourth-order valence-electron chi connectivity index (χ4n) is 8.25. The molecule has 0 aliphatic rings. The van der Waals surface area contributed by atoms with Crippen molar-refractivity contribution in [1.29, 1.82) is 0 Å². The van der Waals surface area contributed by atoms with Gasteiger partial charge in [0.25, 0.3) is 0 Å². The predicted octanol–water partition coefficient (Wildman–Crippen LogP) is 13.6. The minimum Gasteiger partial charge on any atom is -0.309 e. The normalized spacial score (nSPS) is 11.9. The van der Waals surface area contributed by atoms with Crippen LogP contribution in [0.2, 0.25) is 0 Å². The topological polar surface area (TPSA) is 9.86 Å². The van der Waals surface area contributed by atoms with Gasteiger partial charge < -0.3 is 9.13 Å².